The van der Waals surface area contributed by atoms with Crippen molar-refractivity contribution < 1.29 is 19.1 Å². The summed E-state index contributed by atoms with van der Waals surface area (Å²) in [6.45, 7) is 6.84. The number of nitrogen functional groups attached to an aromatic ring is 1. The Morgan fingerprint density at radius 3 is 2.29 bits per heavy atom. The van der Waals surface area contributed by atoms with Crippen LogP contribution in [0.25, 0.3) is 5.70 Å². The first-order valence-corrected chi connectivity index (χ1v) is 7.35. The number of esters is 1. The van der Waals surface area contributed by atoms with Crippen molar-refractivity contribution in [2.75, 3.05) is 12.3 Å². The van der Waals surface area contributed by atoms with Crippen LogP contribution in [0.15, 0.2) is 29.8 Å². The van der Waals surface area contributed by atoms with E-state index in [0.29, 0.717) is 11.3 Å². The molecule has 0 aliphatic rings. The average molecular weight is 331 g/mol. The highest BCUT2D eigenvalue weighted by Gasteiger charge is 2.23. The number of nitrogens with zero attached hydrogens (tertiary/aromatic N) is 1. The van der Waals surface area contributed by atoms with Crippen LogP contribution in [-0.4, -0.2) is 24.3 Å². The second kappa shape index (κ2) is 8.02. The molecule has 24 heavy (non-hydrogen) atoms. The molecule has 1 aromatic carbocycles. The van der Waals surface area contributed by atoms with E-state index in [2.05, 4.69) is 5.32 Å². The lowest BCUT2D eigenvalue weighted by atomic mass is 10.1. The number of nitrogens with one attached hydrogen (secondary N) is 1. The van der Waals surface area contributed by atoms with Crippen molar-refractivity contribution in [3.05, 3.63) is 35.4 Å². The van der Waals surface area contributed by atoms with Gasteiger partial charge in [-0.1, -0.05) is 12.1 Å². The van der Waals surface area contributed by atoms with Gasteiger partial charge >= 0.3 is 12.1 Å². The van der Waals surface area contributed by atoms with Crippen LogP contribution in [0.3, 0.4) is 0 Å². The number of amides is 1. The molecule has 0 aliphatic carbocycles. The Bertz CT molecular complexity index is 679. The fourth-order valence-electron chi connectivity index (χ4n) is 1.74. The van der Waals surface area contributed by atoms with Crippen LogP contribution in [-0.2, 0) is 14.3 Å². The standard InChI is InChI=1S/C17H21N3O4/c1-5-23-15(21)13(10-18)14(11-6-8-12(19)9-7-11)20-16(22)24-17(2,3)4/h6-9H,5,19H2,1-4H3,(H,20,22)/b14-13-. The summed E-state index contributed by atoms with van der Waals surface area (Å²) in [7, 11) is 0. The molecule has 0 aliphatic heterocycles. The summed E-state index contributed by atoms with van der Waals surface area (Å²) < 4.78 is 10.0. The number of carbonyl (C=O) groups excluding carboxylic acids is 2. The van der Waals surface area contributed by atoms with Crippen LogP contribution in [0, 0.1) is 11.3 Å². The minimum absolute atomic E-state index is 0.00481. The Kier molecular flexibility index (Phi) is 6.36. The highest BCUT2D eigenvalue weighted by atomic mass is 16.6. The molecule has 1 amide bonds. The van der Waals surface area contributed by atoms with Crippen LogP contribution < -0.4 is 11.1 Å². The summed E-state index contributed by atoms with van der Waals surface area (Å²) in [6.07, 6.45) is -0.786. The number of nitrogens with two attached hydrogens (primary N) is 1. The Balaban J connectivity index is 3.30. The van der Waals surface area contributed by atoms with E-state index in [0.717, 1.165) is 0 Å². The first-order valence-electron chi connectivity index (χ1n) is 7.35. The van der Waals surface area contributed by atoms with E-state index in [1.54, 1.807) is 58.0 Å². The van der Waals surface area contributed by atoms with Crippen LogP contribution in [0.2, 0.25) is 0 Å². The SMILES string of the molecule is CCOC(=O)/C(C#N)=C(\NC(=O)OC(C)(C)C)c1ccc(N)cc1. The molecule has 7 heteroatoms. The van der Waals surface area contributed by atoms with E-state index < -0.39 is 17.7 Å². The fourth-order valence-corrected chi connectivity index (χ4v) is 1.74. The van der Waals surface area contributed by atoms with Gasteiger partial charge in [0.1, 0.15) is 11.7 Å². The minimum Gasteiger partial charge on any atom is -0.462 e. The molecular weight excluding hydrogens is 310 g/mol. The first-order chi connectivity index (χ1) is 11.2. The van der Waals surface area contributed by atoms with E-state index in [-0.39, 0.29) is 17.9 Å². The summed E-state index contributed by atoms with van der Waals surface area (Å²) in [4.78, 5) is 24.1. The fraction of sp³-hybridized carbons (Fsp3) is 0.353. The summed E-state index contributed by atoms with van der Waals surface area (Å²) in [5.41, 5.74) is 5.53. The van der Waals surface area contributed by atoms with Crippen molar-refractivity contribution in [2.45, 2.75) is 33.3 Å². The van der Waals surface area contributed by atoms with Crippen molar-refractivity contribution in [1.82, 2.24) is 5.32 Å². The Morgan fingerprint density at radius 1 is 1.25 bits per heavy atom. The molecule has 0 radical (unpaired) electrons. The van der Waals surface area contributed by atoms with Crippen molar-refractivity contribution in [1.29, 1.82) is 5.26 Å². The van der Waals surface area contributed by atoms with E-state index in [9.17, 15) is 14.9 Å². The lowest BCUT2D eigenvalue weighted by molar-refractivity contribution is -0.137. The van der Waals surface area contributed by atoms with Gasteiger partial charge in [-0.3, -0.25) is 5.32 Å². The average Bonchev–Trinajstić information content (AvgIpc) is 2.46. The first kappa shape index (κ1) is 19.0. The maximum absolute atomic E-state index is 12.1. The molecule has 3 N–H and O–H groups in total. The quantitative estimate of drug-likeness (QED) is 0.379. The molecule has 0 aromatic heterocycles. The number of rotatable bonds is 4. The molecule has 1 aromatic rings. The molecular formula is C17H21N3O4. The zero-order valence-corrected chi connectivity index (χ0v) is 14.2. The Labute approximate surface area is 141 Å². The molecule has 7 nitrogen and oxygen atoms in total. The third-order valence-electron chi connectivity index (χ3n) is 2.67. The van der Waals surface area contributed by atoms with Crippen LogP contribution in [0.5, 0.6) is 0 Å². The highest BCUT2D eigenvalue weighted by molar-refractivity contribution is 6.03. The van der Waals surface area contributed by atoms with Gasteiger partial charge < -0.3 is 15.2 Å². The summed E-state index contributed by atoms with van der Waals surface area (Å²) in [5, 5.41) is 11.8. The van der Waals surface area contributed by atoms with E-state index >= 15 is 0 Å². The van der Waals surface area contributed by atoms with E-state index in [1.165, 1.54) is 0 Å². The third kappa shape index (κ3) is 5.65. The van der Waals surface area contributed by atoms with Gasteiger partial charge in [0.15, 0.2) is 5.57 Å². The summed E-state index contributed by atoms with van der Waals surface area (Å²) in [5.74, 6) is -0.831. The van der Waals surface area contributed by atoms with Crippen molar-refractivity contribution in [3.63, 3.8) is 0 Å². The van der Waals surface area contributed by atoms with Gasteiger partial charge in [0.25, 0.3) is 0 Å². The topological polar surface area (TPSA) is 114 Å². The largest absolute Gasteiger partial charge is 0.462 e. The minimum atomic E-state index is -0.831. The maximum atomic E-state index is 12.1. The molecule has 0 bridgehead atoms. The Morgan fingerprint density at radius 2 is 1.83 bits per heavy atom. The number of alkyl carbamates (subject to hydrolysis) is 1. The van der Waals surface area contributed by atoms with Gasteiger partial charge in [-0.05, 0) is 45.4 Å². The molecule has 0 heterocycles. The number of benzene rings is 1. The molecule has 1 rings (SSSR count). The number of ether oxygens (including phenoxy) is 2. The van der Waals surface area contributed by atoms with Crippen molar-refractivity contribution in [2.24, 2.45) is 0 Å². The molecule has 128 valence electrons. The van der Waals surface area contributed by atoms with Crippen molar-refractivity contribution in [3.8, 4) is 6.07 Å². The lowest BCUT2D eigenvalue weighted by Crippen LogP contribution is -2.32. The van der Waals surface area contributed by atoms with Crippen molar-refractivity contribution >= 4 is 23.4 Å². The second-order valence-corrected chi connectivity index (χ2v) is 5.83. The van der Waals surface area contributed by atoms with Gasteiger partial charge in [-0.25, -0.2) is 9.59 Å². The van der Waals surface area contributed by atoms with Crippen LogP contribution >= 0.6 is 0 Å². The lowest BCUT2D eigenvalue weighted by Gasteiger charge is -2.21. The van der Waals surface area contributed by atoms with Gasteiger partial charge in [0.05, 0.1) is 12.3 Å². The zero-order chi connectivity index (χ0) is 18.3. The monoisotopic (exact) mass is 331 g/mol. The predicted octanol–water partition coefficient (Wildman–Crippen LogP) is 2.59. The molecule has 0 atom stereocenters. The maximum Gasteiger partial charge on any atom is 0.412 e. The smallest absolute Gasteiger partial charge is 0.412 e. The number of hydrogen-bond donors (Lipinski definition) is 2. The summed E-state index contributed by atoms with van der Waals surface area (Å²) >= 11 is 0. The number of carbonyl (C=O) groups is 2. The number of nitriles is 1. The normalized spacial score (nSPS) is 11.8. The number of hydrogen-bond acceptors (Lipinski definition) is 6. The highest BCUT2D eigenvalue weighted by Crippen LogP contribution is 2.20. The van der Waals surface area contributed by atoms with E-state index in [1.807, 2.05) is 0 Å². The van der Waals surface area contributed by atoms with Crippen LogP contribution in [0.4, 0.5) is 10.5 Å². The molecule has 0 spiro atoms. The molecule has 0 unspecified atom stereocenters. The zero-order valence-electron chi connectivity index (χ0n) is 14.2. The van der Waals surface area contributed by atoms with Gasteiger partial charge in [-0.2, -0.15) is 5.26 Å². The third-order valence-corrected chi connectivity index (χ3v) is 2.67. The summed E-state index contributed by atoms with van der Waals surface area (Å²) in [6, 6.07) is 8.11. The number of anilines is 1. The predicted molar refractivity (Wildman–Crippen MR) is 89.4 cm³/mol. The Hall–Kier alpha value is -3.01. The molecule has 0 saturated carbocycles. The van der Waals surface area contributed by atoms with Gasteiger partial charge in [-0.15, -0.1) is 0 Å². The van der Waals surface area contributed by atoms with Gasteiger partial charge in [0.2, 0.25) is 0 Å². The molecule has 0 saturated heterocycles. The van der Waals surface area contributed by atoms with Gasteiger partial charge in [0, 0.05) is 5.69 Å². The van der Waals surface area contributed by atoms with E-state index in [4.69, 9.17) is 15.2 Å². The van der Waals surface area contributed by atoms with Crippen LogP contribution in [0.1, 0.15) is 33.3 Å². The molecule has 0 fully saturated rings. The second-order valence-electron chi connectivity index (χ2n) is 5.83.